The number of halogens is 1. The fourth-order valence-electron chi connectivity index (χ4n) is 2.44. The molecule has 1 aromatic carbocycles. The lowest BCUT2D eigenvalue weighted by molar-refractivity contribution is 0.0525. The van der Waals surface area contributed by atoms with Gasteiger partial charge in [-0.15, -0.1) is 0 Å². The molecule has 0 saturated heterocycles. The Balaban J connectivity index is 2.30. The van der Waals surface area contributed by atoms with Crippen molar-refractivity contribution in [2.75, 3.05) is 11.9 Å². The van der Waals surface area contributed by atoms with Crippen molar-refractivity contribution in [1.29, 1.82) is 0 Å². The molecule has 1 amide bonds. The summed E-state index contributed by atoms with van der Waals surface area (Å²) in [5.41, 5.74) is 3.67. The fraction of sp³-hybridized carbons (Fsp3) is 0.294. The van der Waals surface area contributed by atoms with Crippen molar-refractivity contribution >= 4 is 33.5 Å². The molecule has 0 aliphatic rings. The van der Waals surface area contributed by atoms with E-state index in [0.29, 0.717) is 29.1 Å². The Morgan fingerprint density at radius 1 is 1.26 bits per heavy atom. The molecule has 0 spiro atoms. The number of hydrogen-bond donors (Lipinski definition) is 2. The minimum absolute atomic E-state index is 0.286. The van der Waals surface area contributed by atoms with Gasteiger partial charge in [-0.3, -0.25) is 4.79 Å². The van der Waals surface area contributed by atoms with E-state index >= 15 is 0 Å². The molecule has 0 atom stereocenters. The molecule has 0 aliphatic carbocycles. The first-order chi connectivity index (χ1) is 10.8. The molecule has 5 nitrogen and oxygen atoms in total. The zero-order valence-electron chi connectivity index (χ0n) is 13.5. The van der Waals surface area contributed by atoms with Crippen molar-refractivity contribution in [2.24, 2.45) is 0 Å². The molecule has 2 rings (SSSR count). The lowest BCUT2D eigenvalue weighted by atomic mass is 10.1. The van der Waals surface area contributed by atoms with Crippen molar-refractivity contribution in [3.63, 3.8) is 0 Å². The lowest BCUT2D eigenvalue weighted by Gasteiger charge is -2.08. The summed E-state index contributed by atoms with van der Waals surface area (Å²) in [7, 11) is 0. The highest BCUT2D eigenvalue weighted by Crippen LogP contribution is 2.23. The third-order valence-electron chi connectivity index (χ3n) is 3.58. The summed E-state index contributed by atoms with van der Waals surface area (Å²) in [5, 5.41) is 2.86. The Labute approximate surface area is 143 Å². The molecular formula is C17H19BrN2O3. The van der Waals surface area contributed by atoms with Crippen LogP contribution in [0.1, 0.15) is 44.6 Å². The third-order valence-corrected chi connectivity index (χ3v) is 4.07. The van der Waals surface area contributed by atoms with E-state index in [9.17, 15) is 9.59 Å². The molecule has 0 saturated carbocycles. The predicted octanol–water partition coefficient (Wildman–Crippen LogP) is 4.13. The number of hydrogen-bond acceptors (Lipinski definition) is 3. The molecule has 0 bridgehead atoms. The van der Waals surface area contributed by atoms with Crippen LogP contribution in [0.5, 0.6) is 0 Å². The monoisotopic (exact) mass is 378 g/mol. The number of aromatic nitrogens is 1. The van der Waals surface area contributed by atoms with Crippen LogP contribution in [0, 0.1) is 20.8 Å². The highest BCUT2D eigenvalue weighted by atomic mass is 79.9. The molecule has 0 radical (unpaired) electrons. The standard InChI is InChI=1S/C17H19BrN2O3/c1-5-23-17(22)14-10(3)15(19-11(14)4)16(21)20-13-7-6-12(18)8-9(13)2/h6-8,19H,5H2,1-4H3,(H,20,21). The first-order valence-electron chi connectivity index (χ1n) is 7.29. The number of benzene rings is 1. The topological polar surface area (TPSA) is 71.2 Å². The first kappa shape index (κ1) is 17.3. The fourth-order valence-corrected chi connectivity index (χ4v) is 2.91. The average Bonchev–Trinajstić information content (AvgIpc) is 2.77. The smallest absolute Gasteiger partial charge is 0.340 e. The van der Waals surface area contributed by atoms with Gasteiger partial charge in [-0.05, 0) is 57.0 Å². The molecular weight excluding hydrogens is 360 g/mol. The largest absolute Gasteiger partial charge is 0.462 e. The molecule has 1 aromatic heterocycles. The minimum atomic E-state index is -0.419. The summed E-state index contributed by atoms with van der Waals surface area (Å²) >= 11 is 3.39. The molecule has 1 heterocycles. The summed E-state index contributed by atoms with van der Waals surface area (Å²) < 4.78 is 5.99. The van der Waals surface area contributed by atoms with Gasteiger partial charge >= 0.3 is 5.97 Å². The van der Waals surface area contributed by atoms with Crippen molar-refractivity contribution in [3.8, 4) is 0 Å². The zero-order chi connectivity index (χ0) is 17.1. The van der Waals surface area contributed by atoms with Crippen molar-refractivity contribution in [1.82, 2.24) is 4.98 Å². The lowest BCUT2D eigenvalue weighted by Crippen LogP contribution is -2.15. The van der Waals surface area contributed by atoms with E-state index in [4.69, 9.17) is 4.74 Å². The van der Waals surface area contributed by atoms with Crippen molar-refractivity contribution < 1.29 is 14.3 Å². The molecule has 0 unspecified atom stereocenters. The molecule has 122 valence electrons. The van der Waals surface area contributed by atoms with Crippen LogP contribution in [0.15, 0.2) is 22.7 Å². The van der Waals surface area contributed by atoms with Crippen LogP contribution in [0.3, 0.4) is 0 Å². The van der Waals surface area contributed by atoms with Crippen LogP contribution in [0.2, 0.25) is 0 Å². The molecule has 0 fully saturated rings. The number of ether oxygens (including phenoxy) is 1. The molecule has 0 aliphatic heterocycles. The highest BCUT2D eigenvalue weighted by Gasteiger charge is 2.23. The predicted molar refractivity (Wildman–Crippen MR) is 93.1 cm³/mol. The van der Waals surface area contributed by atoms with Gasteiger partial charge in [0.05, 0.1) is 12.2 Å². The van der Waals surface area contributed by atoms with Crippen molar-refractivity contribution in [3.05, 3.63) is 50.8 Å². The third kappa shape index (κ3) is 3.64. The zero-order valence-corrected chi connectivity index (χ0v) is 15.1. The second-order valence-corrected chi connectivity index (χ2v) is 6.17. The van der Waals surface area contributed by atoms with Gasteiger partial charge in [0.25, 0.3) is 5.91 Å². The van der Waals surface area contributed by atoms with Gasteiger partial charge in [-0.25, -0.2) is 4.79 Å². The number of anilines is 1. The summed E-state index contributed by atoms with van der Waals surface area (Å²) in [5.74, 6) is -0.704. The summed E-state index contributed by atoms with van der Waals surface area (Å²) in [6.07, 6.45) is 0. The van der Waals surface area contributed by atoms with E-state index in [1.807, 2.05) is 25.1 Å². The molecule has 2 N–H and O–H groups in total. The van der Waals surface area contributed by atoms with E-state index in [2.05, 4.69) is 26.2 Å². The van der Waals surface area contributed by atoms with E-state index < -0.39 is 5.97 Å². The van der Waals surface area contributed by atoms with Gasteiger partial charge in [0.2, 0.25) is 0 Å². The maximum absolute atomic E-state index is 12.5. The Kier molecular flexibility index (Phi) is 5.26. The summed E-state index contributed by atoms with van der Waals surface area (Å²) in [4.78, 5) is 27.5. The number of esters is 1. The number of rotatable bonds is 4. The summed E-state index contributed by atoms with van der Waals surface area (Å²) in [6, 6.07) is 5.61. The van der Waals surface area contributed by atoms with Crippen LogP contribution < -0.4 is 5.32 Å². The van der Waals surface area contributed by atoms with Crippen molar-refractivity contribution in [2.45, 2.75) is 27.7 Å². The number of nitrogens with one attached hydrogen (secondary N) is 2. The van der Waals surface area contributed by atoms with Crippen LogP contribution in [0.4, 0.5) is 5.69 Å². The normalized spacial score (nSPS) is 10.5. The van der Waals surface area contributed by atoms with Crippen LogP contribution in [0.25, 0.3) is 0 Å². The van der Waals surface area contributed by atoms with E-state index in [1.165, 1.54) is 0 Å². The summed E-state index contributed by atoms with van der Waals surface area (Å²) in [6.45, 7) is 7.44. The maximum Gasteiger partial charge on any atom is 0.340 e. The number of H-pyrrole nitrogens is 1. The highest BCUT2D eigenvalue weighted by molar-refractivity contribution is 9.10. The van der Waals surface area contributed by atoms with Crippen LogP contribution in [-0.2, 0) is 4.74 Å². The van der Waals surface area contributed by atoms with Gasteiger partial charge < -0.3 is 15.0 Å². The minimum Gasteiger partial charge on any atom is -0.462 e. The van der Waals surface area contributed by atoms with Gasteiger partial charge in [0, 0.05) is 15.9 Å². The molecule has 2 aromatic rings. The number of aromatic amines is 1. The van der Waals surface area contributed by atoms with Crippen LogP contribution in [-0.4, -0.2) is 23.5 Å². The van der Waals surface area contributed by atoms with Gasteiger partial charge in [-0.2, -0.15) is 0 Å². The Morgan fingerprint density at radius 2 is 1.96 bits per heavy atom. The number of carbonyl (C=O) groups is 2. The second-order valence-electron chi connectivity index (χ2n) is 5.26. The molecule has 6 heteroatoms. The average molecular weight is 379 g/mol. The quantitative estimate of drug-likeness (QED) is 0.785. The number of aryl methyl sites for hydroxylation is 2. The Bertz CT molecular complexity index is 765. The Hall–Kier alpha value is -2.08. The van der Waals surface area contributed by atoms with Crippen LogP contribution >= 0.6 is 15.9 Å². The molecule has 23 heavy (non-hydrogen) atoms. The van der Waals surface area contributed by atoms with E-state index in [1.54, 1.807) is 20.8 Å². The SMILES string of the molecule is CCOC(=O)c1c(C)[nH]c(C(=O)Nc2ccc(Br)cc2C)c1C. The second kappa shape index (κ2) is 7.00. The van der Waals surface area contributed by atoms with E-state index in [-0.39, 0.29) is 5.91 Å². The van der Waals surface area contributed by atoms with Gasteiger partial charge in [-0.1, -0.05) is 15.9 Å². The van der Waals surface area contributed by atoms with Gasteiger partial charge in [0.1, 0.15) is 5.69 Å². The maximum atomic E-state index is 12.5. The van der Waals surface area contributed by atoms with Gasteiger partial charge in [0.15, 0.2) is 0 Å². The number of amides is 1. The first-order valence-corrected chi connectivity index (χ1v) is 8.08. The van der Waals surface area contributed by atoms with E-state index in [0.717, 1.165) is 15.7 Å². The Morgan fingerprint density at radius 3 is 2.57 bits per heavy atom. The number of carbonyl (C=O) groups excluding carboxylic acids is 2.